The van der Waals surface area contributed by atoms with Crippen LogP contribution in [0.5, 0.6) is 0 Å². The van der Waals surface area contributed by atoms with Crippen LogP contribution in [0.2, 0.25) is 0 Å². The second-order valence-corrected chi connectivity index (χ2v) is 2.50. The van der Waals surface area contributed by atoms with Gasteiger partial charge in [0, 0.05) is 18.2 Å². The molecule has 1 aliphatic rings. The molecule has 0 bridgehead atoms. The minimum absolute atomic E-state index is 0.112. The lowest BCUT2D eigenvalue weighted by atomic mass is 10.4. The molecule has 1 radical (unpaired) electrons. The van der Waals surface area contributed by atoms with Crippen molar-refractivity contribution in [1.82, 2.24) is 9.78 Å². The predicted octanol–water partition coefficient (Wildman–Crippen LogP) is 0.733. The molecule has 2 rings (SSSR count). The topological polar surface area (TPSA) is 34.9 Å². The molecule has 0 amide bonds. The van der Waals surface area contributed by atoms with Gasteiger partial charge >= 0.3 is 0 Å². The molecule has 0 aliphatic heterocycles. The second kappa shape index (κ2) is 1.94. The fourth-order valence-electron chi connectivity index (χ4n) is 0.871. The van der Waals surface area contributed by atoms with Crippen LogP contribution in [0.1, 0.15) is 17.6 Å². The van der Waals surface area contributed by atoms with E-state index in [1.165, 1.54) is 10.9 Å². The number of hydrogen-bond acceptors (Lipinski definition) is 2. The molecule has 3 nitrogen and oxygen atoms in total. The van der Waals surface area contributed by atoms with Crippen molar-refractivity contribution in [3.8, 4) is 0 Å². The molecule has 0 spiro atoms. The summed E-state index contributed by atoms with van der Waals surface area (Å²) in [6, 6.07) is 2.72. The van der Waals surface area contributed by atoms with Gasteiger partial charge in [-0.2, -0.15) is 5.10 Å². The van der Waals surface area contributed by atoms with Crippen LogP contribution in [0.15, 0.2) is 12.4 Å². The van der Waals surface area contributed by atoms with Gasteiger partial charge in [-0.25, -0.2) is 4.68 Å². The molecule has 1 aliphatic carbocycles. The minimum Gasteiger partial charge on any atom is -0.272 e. The zero-order chi connectivity index (χ0) is 6.97. The van der Waals surface area contributed by atoms with Gasteiger partial charge in [0.25, 0.3) is 0 Å². The van der Waals surface area contributed by atoms with Crippen LogP contribution in [-0.4, -0.2) is 15.7 Å². The van der Waals surface area contributed by atoms with E-state index in [4.69, 9.17) is 0 Å². The maximum absolute atomic E-state index is 11.1. The summed E-state index contributed by atoms with van der Waals surface area (Å²) in [5.74, 6) is 0.356. The van der Waals surface area contributed by atoms with E-state index in [1.807, 2.05) is 0 Å². The Morgan fingerprint density at radius 2 is 2.50 bits per heavy atom. The van der Waals surface area contributed by atoms with Gasteiger partial charge < -0.3 is 0 Å². The van der Waals surface area contributed by atoms with Crippen LogP contribution in [0, 0.1) is 12.0 Å². The minimum atomic E-state index is 0.112. The summed E-state index contributed by atoms with van der Waals surface area (Å²) in [7, 11) is 0. The van der Waals surface area contributed by atoms with Crippen LogP contribution in [0.4, 0.5) is 0 Å². The van der Waals surface area contributed by atoms with E-state index in [0.717, 1.165) is 12.8 Å². The van der Waals surface area contributed by atoms with Gasteiger partial charge in [-0.05, 0) is 12.8 Å². The van der Waals surface area contributed by atoms with Gasteiger partial charge in [-0.1, -0.05) is 0 Å². The first-order valence-electron chi connectivity index (χ1n) is 3.33. The second-order valence-electron chi connectivity index (χ2n) is 2.50. The quantitative estimate of drug-likeness (QED) is 0.569. The number of rotatable bonds is 1. The fourth-order valence-corrected chi connectivity index (χ4v) is 0.871. The first-order chi connectivity index (χ1) is 4.88. The van der Waals surface area contributed by atoms with Crippen molar-refractivity contribution in [2.24, 2.45) is 5.92 Å². The van der Waals surface area contributed by atoms with Crippen LogP contribution in [0.25, 0.3) is 0 Å². The molecule has 3 heteroatoms. The lowest BCUT2D eigenvalue weighted by Gasteiger charge is -1.93. The lowest BCUT2D eigenvalue weighted by molar-refractivity contribution is 0.0870. The molecule has 0 aromatic carbocycles. The first-order valence-corrected chi connectivity index (χ1v) is 3.33. The largest absolute Gasteiger partial charge is 0.272 e. The number of nitrogens with zero attached hydrogens (tertiary/aromatic N) is 2. The van der Waals surface area contributed by atoms with Crippen molar-refractivity contribution in [1.29, 1.82) is 0 Å². The maximum atomic E-state index is 11.1. The number of carbonyl (C=O) groups excluding carboxylic acids is 1. The predicted molar refractivity (Wildman–Crippen MR) is 34.4 cm³/mol. The normalized spacial score (nSPS) is 17.2. The Labute approximate surface area is 58.7 Å². The van der Waals surface area contributed by atoms with Gasteiger partial charge in [0.2, 0.25) is 5.91 Å². The van der Waals surface area contributed by atoms with E-state index in [0.29, 0.717) is 0 Å². The maximum Gasteiger partial charge on any atom is 0.249 e. The third kappa shape index (κ3) is 0.835. The smallest absolute Gasteiger partial charge is 0.249 e. The molecule has 0 atom stereocenters. The molecule has 1 heterocycles. The summed E-state index contributed by atoms with van der Waals surface area (Å²) < 4.78 is 1.36. The van der Waals surface area contributed by atoms with Gasteiger partial charge in [0.15, 0.2) is 0 Å². The van der Waals surface area contributed by atoms with Gasteiger partial charge in [0.05, 0.1) is 6.20 Å². The summed E-state index contributed by atoms with van der Waals surface area (Å²) in [5.41, 5.74) is 0. The standard InChI is InChI=1S/C7H7N2O/c10-7(6-2-3-6)9-5-1-4-8-9/h4-6H,2-3H2. The molecule has 0 N–H and O–H groups in total. The Morgan fingerprint density at radius 3 is 3.00 bits per heavy atom. The molecule has 10 heavy (non-hydrogen) atoms. The van der Waals surface area contributed by atoms with Crippen molar-refractivity contribution in [3.05, 3.63) is 18.5 Å². The zero-order valence-electron chi connectivity index (χ0n) is 5.45. The average molecular weight is 135 g/mol. The molecule has 0 saturated heterocycles. The van der Waals surface area contributed by atoms with E-state index in [-0.39, 0.29) is 11.8 Å². The highest BCUT2D eigenvalue weighted by Gasteiger charge is 2.30. The van der Waals surface area contributed by atoms with Crippen molar-refractivity contribution in [2.45, 2.75) is 12.8 Å². The summed E-state index contributed by atoms with van der Waals surface area (Å²) in [4.78, 5) is 11.1. The molecule has 51 valence electrons. The Bertz CT molecular complexity index is 236. The Morgan fingerprint density at radius 1 is 1.70 bits per heavy atom. The van der Waals surface area contributed by atoms with Crippen molar-refractivity contribution < 1.29 is 4.79 Å². The van der Waals surface area contributed by atoms with Crippen LogP contribution >= 0.6 is 0 Å². The molecule has 1 fully saturated rings. The van der Waals surface area contributed by atoms with Gasteiger partial charge in [-0.3, -0.25) is 4.79 Å². The Balaban J connectivity index is 2.19. The van der Waals surface area contributed by atoms with Crippen molar-refractivity contribution in [3.63, 3.8) is 0 Å². The summed E-state index contributed by atoms with van der Waals surface area (Å²) in [6.45, 7) is 0. The molecule has 0 unspecified atom stereocenters. The first kappa shape index (κ1) is 5.65. The molecule has 1 saturated carbocycles. The van der Waals surface area contributed by atoms with E-state index in [9.17, 15) is 4.79 Å². The highest BCUT2D eigenvalue weighted by atomic mass is 16.2. The third-order valence-corrected chi connectivity index (χ3v) is 1.61. The number of carbonyl (C=O) groups is 1. The summed E-state index contributed by atoms with van der Waals surface area (Å²) in [5, 5.41) is 3.79. The number of hydrogen-bond donors (Lipinski definition) is 0. The molecule has 1 aromatic rings. The highest BCUT2D eigenvalue weighted by molar-refractivity contribution is 5.82. The Hall–Kier alpha value is -1.12. The molecular formula is C7H7N2O. The van der Waals surface area contributed by atoms with Crippen LogP contribution in [0.3, 0.4) is 0 Å². The highest BCUT2D eigenvalue weighted by Crippen LogP contribution is 2.30. The van der Waals surface area contributed by atoms with Crippen LogP contribution < -0.4 is 0 Å². The fraction of sp³-hybridized carbons (Fsp3) is 0.429. The van der Waals surface area contributed by atoms with E-state index in [2.05, 4.69) is 11.2 Å². The average Bonchev–Trinajstić information content (AvgIpc) is 2.65. The summed E-state index contributed by atoms with van der Waals surface area (Å²) in [6.07, 6.45) is 5.12. The van der Waals surface area contributed by atoms with Crippen molar-refractivity contribution in [2.75, 3.05) is 0 Å². The van der Waals surface area contributed by atoms with E-state index < -0.39 is 0 Å². The third-order valence-electron chi connectivity index (χ3n) is 1.61. The molecular weight excluding hydrogens is 128 g/mol. The van der Waals surface area contributed by atoms with Gasteiger partial charge in [-0.15, -0.1) is 0 Å². The lowest BCUT2D eigenvalue weighted by Crippen LogP contribution is -2.12. The van der Waals surface area contributed by atoms with E-state index >= 15 is 0 Å². The SMILES string of the molecule is O=C(C1CC1)n1c[c]cn1. The van der Waals surface area contributed by atoms with E-state index in [1.54, 1.807) is 6.20 Å². The Kier molecular flexibility index (Phi) is 1.09. The number of aromatic nitrogens is 2. The zero-order valence-corrected chi connectivity index (χ0v) is 5.45. The van der Waals surface area contributed by atoms with Crippen LogP contribution in [-0.2, 0) is 0 Å². The molecule has 1 aromatic heterocycles. The van der Waals surface area contributed by atoms with Gasteiger partial charge in [0.1, 0.15) is 0 Å². The van der Waals surface area contributed by atoms with Crippen molar-refractivity contribution >= 4 is 5.91 Å². The monoisotopic (exact) mass is 135 g/mol. The summed E-state index contributed by atoms with van der Waals surface area (Å²) >= 11 is 0.